The van der Waals surface area contributed by atoms with Gasteiger partial charge in [-0.3, -0.25) is 5.43 Å². The molecule has 0 spiro atoms. The Hall–Kier alpha value is -2.08. The fourth-order valence-corrected chi connectivity index (χ4v) is 1.24. The molecule has 0 aliphatic rings. The Balaban J connectivity index is 2.02. The van der Waals surface area contributed by atoms with E-state index in [0.29, 0.717) is 11.4 Å². The van der Waals surface area contributed by atoms with Crippen LogP contribution in [0.1, 0.15) is 5.56 Å². The standard InChI is InChI=1S/C11H7ClF2N4/c12-10-3-4-11(18-16-10)17-15-6-7-1-2-8(13)9(14)5-7/h1-6H,(H,17,18)/b15-6-. The molecule has 1 aromatic heterocycles. The monoisotopic (exact) mass is 268 g/mol. The SMILES string of the molecule is Fc1ccc(/C=N\Nc2ccc(Cl)nn2)cc1F. The first-order valence-electron chi connectivity index (χ1n) is 4.88. The molecule has 0 saturated carbocycles. The van der Waals surface area contributed by atoms with Gasteiger partial charge in [0.05, 0.1) is 6.21 Å². The molecule has 2 rings (SSSR count). The van der Waals surface area contributed by atoms with E-state index < -0.39 is 11.6 Å². The summed E-state index contributed by atoms with van der Waals surface area (Å²) in [5.74, 6) is -1.44. The van der Waals surface area contributed by atoms with E-state index in [4.69, 9.17) is 11.6 Å². The molecule has 1 heterocycles. The van der Waals surface area contributed by atoms with Gasteiger partial charge in [-0.2, -0.15) is 5.10 Å². The lowest BCUT2D eigenvalue weighted by Gasteiger charge is -1.98. The average molecular weight is 269 g/mol. The van der Waals surface area contributed by atoms with Gasteiger partial charge >= 0.3 is 0 Å². The zero-order chi connectivity index (χ0) is 13.0. The highest BCUT2D eigenvalue weighted by Gasteiger charge is 2.00. The Morgan fingerprint density at radius 1 is 1.11 bits per heavy atom. The van der Waals surface area contributed by atoms with Crippen LogP contribution in [0.3, 0.4) is 0 Å². The number of anilines is 1. The summed E-state index contributed by atoms with van der Waals surface area (Å²) in [5.41, 5.74) is 3.00. The second kappa shape index (κ2) is 5.50. The summed E-state index contributed by atoms with van der Waals surface area (Å²) in [4.78, 5) is 0. The molecule has 0 fully saturated rings. The van der Waals surface area contributed by atoms with Gasteiger partial charge < -0.3 is 0 Å². The van der Waals surface area contributed by atoms with Gasteiger partial charge in [-0.1, -0.05) is 17.7 Å². The minimum atomic E-state index is -0.926. The molecule has 92 valence electrons. The molecule has 0 radical (unpaired) electrons. The van der Waals surface area contributed by atoms with Crippen LogP contribution in [0, 0.1) is 11.6 Å². The number of nitrogens with zero attached hydrogens (tertiary/aromatic N) is 3. The Bertz CT molecular complexity index is 572. The predicted octanol–water partition coefficient (Wildman–Crippen LogP) is 2.85. The van der Waals surface area contributed by atoms with Gasteiger partial charge in [-0.25, -0.2) is 8.78 Å². The van der Waals surface area contributed by atoms with Crippen LogP contribution in [0.25, 0.3) is 0 Å². The summed E-state index contributed by atoms with van der Waals surface area (Å²) in [5, 5.41) is 11.4. The highest BCUT2D eigenvalue weighted by Crippen LogP contribution is 2.08. The minimum Gasteiger partial charge on any atom is -0.260 e. The van der Waals surface area contributed by atoms with E-state index in [0.717, 1.165) is 12.1 Å². The van der Waals surface area contributed by atoms with Crippen molar-refractivity contribution in [3.05, 3.63) is 52.7 Å². The maximum Gasteiger partial charge on any atom is 0.168 e. The van der Waals surface area contributed by atoms with Gasteiger partial charge in [0.2, 0.25) is 0 Å². The fourth-order valence-electron chi connectivity index (χ4n) is 1.14. The average Bonchev–Trinajstić information content (AvgIpc) is 2.36. The lowest BCUT2D eigenvalue weighted by atomic mass is 10.2. The molecular formula is C11H7ClF2N4. The van der Waals surface area contributed by atoms with Crippen molar-refractivity contribution in [1.29, 1.82) is 0 Å². The van der Waals surface area contributed by atoms with Gasteiger partial charge in [-0.15, -0.1) is 10.2 Å². The third kappa shape index (κ3) is 3.21. The first-order chi connectivity index (χ1) is 8.65. The molecule has 0 bridgehead atoms. The highest BCUT2D eigenvalue weighted by molar-refractivity contribution is 6.29. The lowest BCUT2D eigenvalue weighted by molar-refractivity contribution is 0.508. The van der Waals surface area contributed by atoms with Gasteiger partial charge in [-0.05, 0) is 29.8 Å². The molecule has 0 aliphatic carbocycles. The van der Waals surface area contributed by atoms with Gasteiger partial charge in [0.1, 0.15) is 0 Å². The van der Waals surface area contributed by atoms with Crippen molar-refractivity contribution in [3.63, 3.8) is 0 Å². The first-order valence-corrected chi connectivity index (χ1v) is 5.26. The van der Waals surface area contributed by atoms with Crippen LogP contribution in [-0.4, -0.2) is 16.4 Å². The number of hydrazone groups is 1. The molecule has 18 heavy (non-hydrogen) atoms. The molecule has 2 aromatic rings. The van der Waals surface area contributed by atoms with Gasteiger partial charge in [0.25, 0.3) is 0 Å². The van der Waals surface area contributed by atoms with E-state index in [2.05, 4.69) is 20.7 Å². The van der Waals surface area contributed by atoms with E-state index >= 15 is 0 Å². The number of hydrogen-bond acceptors (Lipinski definition) is 4. The van der Waals surface area contributed by atoms with Crippen molar-refractivity contribution >= 4 is 23.6 Å². The summed E-state index contributed by atoms with van der Waals surface area (Å²) in [6.07, 6.45) is 1.33. The van der Waals surface area contributed by atoms with Crippen LogP contribution in [0.15, 0.2) is 35.4 Å². The smallest absolute Gasteiger partial charge is 0.168 e. The van der Waals surface area contributed by atoms with Crippen molar-refractivity contribution in [2.45, 2.75) is 0 Å². The number of nitrogens with one attached hydrogen (secondary N) is 1. The molecule has 1 aromatic carbocycles. The van der Waals surface area contributed by atoms with Gasteiger partial charge in [0, 0.05) is 0 Å². The quantitative estimate of drug-likeness (QED) is 0.688. The molecule has 0 saturated heterocycles. The Morgan fingerprint density at radius 2 is 1.94 bits per heavy atom. The van der Waals surface area contributed by atoms with Crippen LogP contribution in [-0.2, 0) is 0 Å². The second-order valence-corrected chi connectivity index (χ2v) is 3.67. The Morgan fingerprint density at radius 3 is 2.61 bits per heavy atom. The van der Waals surface area contributed by atoms with Crippen molar-refractivity contribution in [2.75, 3.05) is 5.43 Å². The Kier molecular flexibility index (Phi) is 3.78. The van der Waals surface area contributed by atoms with E-state index in [1.165, 1.54) is 12.3 Å². The normalized spacial score (nSPS) is 10.8. The summed E-state index contributed by atoms with van der Waals surface area (Å²) in [6.45, 7) is 0. The summed E-state index contributed by atoms with van der Waals surface area (Å²) in [7, 11) is 0. The zero-order valence-corrected chi connectivity index (χ0v) is 9.70. The number of aromatic nitrogens is 2. The number of hydrogen-bond donors (Lipinski definition) is 1. The van der Waals surface area contributed by atoms with Gasteiger partial charge in [0.15, 0.2) is 22.6 Å². The topological polar surface area (TPSA) is 50.2 Å². The third-order valence-corrected chi connectivity index (χ3v) is 2.17. The fraction of sp³-hybridized carbons (Fsp3) is 0. The maximum absolute atomic E-state index is 12.9. The molecular weight excluding hydrogens is 262 g/mol. The zero-order valence-electron chi connectivity index (χ0n) is 8.94. The summed E-state index contributed by atoms with van der Waals surface area (Å²) < 4.78 is 25.5. The van der Waals surface area contributed by atoms with E-state index in [9.17, 15) is 8.78 Å². The van der Waals surface area contributed by atoms with Crippen LogP contribution in [0.4, 0.5) is 14.6 Å². The van der Waals surface area contributed by atoms with Crippen molar-refractivity contribution in [2.24, 2.45) is 5.10 Å². The largest absolute Gasteiger partial charge is 0.260 e. The molecule has 7 heteroatoms. The van der Waals surface area contributed by atoms with Crippen molar-refractivity contribution in [1.82, 2.24) is 10.2 Å². The van der Waals surface area contributed by atoms with E-state index in [1.54, 1.807) is 12.1 Å². The summed E-state index contributed by atoms with van der Waals surface area (Å²) >= 11 is 5.56. The van der Waals surface area contributed by atoms with Crippen molar-refractivity contribution in [3.8, 4) is 0 Å². The van der Waals surface area contributed by atoms with Crippen molar-refractivity contribution < 1.29 is 8.78 Å². The molecule has 0 unspecified atom stereocenters. The maximum atomic E-state index is 12.9. The van der Waals surface area contributed by atoms with E-state index in [-0.39, 0.29) is 5.15 Å². The Labute approximate surface area is 106 Å². The molecule has 1 N–H and O–H groups in total. The molecule has 4 nitrogen and oxygen atoms in total. The van der Waals surface area contributed by atoms with Crippen LogP contribution in [0.5, 0.6) is 0 Å². The van der Waals surface area contributed by atoms with Crippen LogP contribution >= 0.6 is 11.6 Å². The summed E-state index contributed by atoms with van der Waals surface area (Å²) in [6, 6.07) is 6.59. The third-order valence-electron chi connectivity index (χ3n) is 1.97. The first kappa shape index (κ1) is 12.4. The lowest BCUT2D eigenvalue weighted by Crippen LogP contribution is -1.95. The molecule has 0 amide bonds. The number of rotatable bonds is 3. The molecule has 0 aliphatic heterocycles. The number of halogens is 3. The minimum absolute atomic E-state index is 0.269. The van der Waals surface area contributed by atoms with E-state index in [1.807, 2.05) is 0 Å². The number of benzene rings is 1. The second-order valence-electron chi connectivity index (χ2n) is 3.28. The predicted molar refractivity (Wildman–Crippen MR) is 64.6 cm³/mol. The molecule has 0 atom stereocenters. The van der Waals surface area contributed by atoms with Crippen LogP contribution < -0.4 is 5.43 Å². The van der Waals surface area contributed by atoms with Crippen LogP contribution in [0.2, 0.25) is 5.15 Å². The highest BCUT2D eigenvalue weighted by atomic mass is 35.5.